The van der Waals surface area contributed by atoms with Crippen molar-refractivity contribution in [2.75, 3.05) is 6.54 Å². The lowest BCUT2D eigenvalue weighted by Crippen LogP contribution is -2.67. The van der Waals surface area contributed by atoms with Crippen LogP contribution in [-0.4, -0.2) is 29.3 Å². The van der Waals surface area contributed by atoms with Crippen LogP contribution in [0.2, 0.25) is 0 Å². The van der Waals surface area contributed by atoms with E-state index in [0.717, 1.165) is 50.6 Å². The molecule has 1 saturated carbocycles. The van der Waals surface area contributed by atoms with E-state index in [2.05, 4.69) is 24.1 Å². The Morgan fingerprint density at radius 2 is 2.26 bits per heavy atom. The number of carbonyl (C=O) groups excluding carboxylic acids is 1. The van der Waals surface area contributed by atoms with Crippen LogP contribution in [-0.2, 0) is 9.53 Å². The highest BCUT2D eigenvalue weighted by Crippen LogP contribution is 2.40. The number of aromatic nitrogens is 1. The van der Waals surface area contributed by atoms with Gasteiger partial charge in [-0.1, -0.05) is 38.7 Å². The molecule has 2 aliphatic heterocycles. The van der Waals surface area contributed by atoms with Crippen molar-refractivity contribution in [2.45, 2.75) is 77.0 Å². The van der Waals surface area contributed by atoms with Crippen molar-refractivity contribution in [1.82, 2.24) is 10.3 Å². The second kappa shape index (κ2) is 9.05. The molecule has 5 nitrogen and oxygen atoms in total. The van der Waals surface area contributed by atoms with E-state index in [0.29, 0.717) is 11.8 Å². The summed E-state index contributed by atoms with van der Waals surface area (Å²) in [6.45, 7) is 9.09. The molecule has 0 spiro atoms. The number of hydrogen-bond acceptors (Lipinski definition) is 5. The number of pyridine rings is 1. The van der Waals surface area contributed by atoms with Crippen molar-refractivity contribution in [3.63, 3.8) is 0 Å². The third-order valence-corrected chi connectivity index (χ3v) is 5.85. The lowest BCUT2D eigenvalue weighted by Gasteiger charge is -2.50. The number of hydrogen-bond donors (Lipinski definition) is 1. The van der Waals surface area contributed by atoms with Gasteiger partial charge in [0, 0.05) is 25.2 Å². The summed E-state index contributed by atoms with van der Waals surface area (Å²) in [6, 6.07) is 3.86. The molecule has 5 heteroatoms. The molecule has 3 aliphatic rings. The lowest BCUT2D eigenvalue weighted by atomic mass is 9.76. The van der Waals surface area contributed by atoms with Gasteiger partial charge in [0.2, 0.25) is 11.6 Å². The van der Waals surface area contributed by atoms with E-state index >= 15 is 0 Å². The van der Waals surface area contributed by atoms with E-state index in [1.807, 2.05) is 19.1 Å². The van der Waals surface area contributed by atoms with Gasteiger partial charge in [0.25, 0.3) is 0 Å². The zero-order chi connectivity index (χ0) is 19.3. The molecule has 149 valence electrons. The Bertz CT molecular complexity index is 608. The quantitative estimate of drug-likeness (QED) is 0.519. The van der Waals surface area contributed by atoms with Gasteiger partial charge in [0.1, 0.15) is 0 Å². The summed E-state index contributed by atoms with van der Waals surface area (Å²) in [5.74, 6) is 0.604. The number of carbonyl (C=O) groups is 1. The molecule has 27 heavy (non-hydrogen) atoms. The Balaban J connectivity index is 1.62. The van der Waals surface area contributed by atoms with E-state index in [4.69, 9.17) is 9.47 Å². The molecule has 0 aromatic carbocycles. The molecule has 3 fully saturated rings. The number of nitrogens with zero attached hydrogens (tertiary/aromatic N) is 1. The van der Waals surface area contributed by atoms with Gasteiger partial charge in [-0.2, -0.15) is 0 Å². The van der Waals surface area contributed by atoms with Gasteiger partial charge >= 0.3 is 5.97 Å². The van der Waals surface area contributed by atoms with Gasteiger partial charge in [-0.15, -0.1) is 0 Å². The molecule has 1 unspecified atom stereocenters. The summed E-state index contributed by atoms with van der Waals surface area (Å²) in [4.78, 5) is 17.1. The van der Waals surface area contributed by atoms with E-state index < -0.39 is 5.72 Å². The topological polar surface area (TPSA) is 60.5 Å². The Morgan fingerprint density at radius 3 is 2.93 bits per heavy atom. The third-order valence-electron chi connectivity index (χ3n) is 5.85. The summed E-state index contributed by atoms with van der Waals surface area (Å²) in [6.07, 6.45) is 9.64. The summed E-state index contributed by atoms with van der Waals surface area (Å²) in [7, 11) is 0. The second-order valence-electron chi connectivity index (χ2n) is 8.16. The third kappa shape index (κ3) is 5.01. The highest BCUT2D eigenvalue weighted by Gasteiger charge is 2.52. The molecule has 1 aromatic rings. The number of fused-ring (bicyclic) bond motifs is 3. The highest BCUT2D eigenvalue weighted by molar-refractivity contribution is 5.73. The van der Waals surface area contributed by atoms with Crippen molar-refractivity contribution in [3.05, 3.63) is 30.8 Å². The Labute approximate surface area is 163 Å². The molecule has 4 rings (SSSR count). The minimum Gasteiger partial charge on any atom is -0.469 e. The normalized spacial score (nSPS) is 28.0. The van der Waals surface area contributed by atoms with Crippen LogP contribution in [0.25, 0.3) is 0 Å². The van der Waals surface area contributed by atoms with Crippen molar-refractivity contribution in [2.24, 2.45) is 11.8 Å². The molecule has 3 heterocycles. The standard InChI is InChI=1S/C22H33N2O3/c1-4-5-6-7-8-17(3)21(25)27-22-12-11-18(15-24-22)13-19(22)26-20-10-9-16(2)14-23-20/h9-10,14,17-19,24H,3-8,11-13,15H2,1-2H3/t17?,18-,19-,22+/m1/s1. The van der Waals surface area contributed by atoms with Gasteiger partial charge < -0.3 is 9.47 Å². The van der Waals surface area contributed by atoms with Crippen molar-refractivity contribution in [1.29, 1.82) is 0 Å². The number of rotatable bonds is 9. The van der Waals surface area contributed by atoms with Crippen LogP contribution in [0.15, 0.2) is 18.3 Å². The number of ether oxygens (including phenoxy) is 2. The van der Waals surface area contributed by atoms with Crippen molar-refractivity contribution >= 4 is 5.97 Å². The molecular weight excluding hydrogens is 340 g/mol. The van der Waals surface area contributed by atoms with E-state index in [9.17, 15) is 4.79 Å². The number of piperidine rings is 2. The van der Waals surface area contributed by atoms with E-state index in [1.54, 1.807) is 6.20 Å². The predicted octanol–water partition coefficient (Wildman–Crippen LogP) is 4.20. The first-order chi connectivity index (χ1) is 13.0. The van der Waals surface area contributed by atoms with E-state index in [-0.39, 0.29) is 18.0 Å². The van der Waals surface area contributed by atoms with Crippen molar-refractivity contribution < 1.29 is 14.3 Å². The van der Waals surface area contributed by atoms with Gasteiger partial charge in [-0.3, -0.25) is 10.1 Å². The lowest BCUT2D eigenvalue weighted by molar-refractivity contribution is -0.202. The maximum atomic E-state index is 12.7. The minimum atomic E-state index is -0.752. The fourth-order valence-corrected chi connectivity index (χ4v) is 4.06. The molecular formula is C22H33N2O3. The van der Waals surface area contributed by atoms with Gasteiger partial charge in [0.05, 0.1) is 5.92 Å². The van der Waals surface area contributed by atoms with Crippen LogP contribution in [0.1, 0.15) is 63.9 Å². The largest absolute Gasteiger partial charge is 0.469 e. The fraction of sp³-hybridized carbons (Fsp3) is 0.682. The van der Waals surface area contributed by atoms with Crippen LogP contribution < -0.4 is 10.1 Å². The molecule has 4 atom stereocenters. The first kappa shape index (κ1) is 20.1. The van der Waals surface area contributed by atoms with Crippen LogP contribution in [0.4, 0.5) is 0 Å². The molecule has 2 bridgehead atoms. The average Bonchev–Trinajstić information content (AvgIpc) is 2.68. The monoisotopic (exact) mass is 373 g/mol. The Hall–Kier alpha value is -1.62. The molecule has 1 aromatic heterocycles. The molecule has 2 saturated heterocycles. The van der Waals surface area contributed by atoms with Gasteiger partial charge in [0.15, 0.2) is 6.10 Å². The summed E-state index contributed by atoms with van der Waals surface area (Å²) in [5, 5.41) is 3.45. The predicted molar refractivity (Wildman–Crippen MR) is 105 cm³/mol. The molecule has 1 N–H and O–H groups in total. The first-order valence-corrected chi connectivity index (χ1v) is 10.4. The summed E-state index contributed by atoms with van der Waals surface area (Å²) < 4.78 is 12.2. The Morgan fingerprint density at radius 1 is 1.41 bits per heavy atom. The van der Waals surface area contributed by atoms with Crippen molar-refractivity contribution in [3.8, 4) is 5.88 Å². The minimum absolute atomic E-state index is 0.212. The number of nitrogens with one attached hydrogen (secondary N) is 1. The van der Waals surface area contributed by atoms with Gasteiger partial charge in [-0.05, 0) is 44.6 Å². The SMILES string of the molecule is [CH2]C(CCCCCC)C(=O)O[C@]12CC[C@@H](CN1)C[C@H]2Oc1ccc(C)cn1. The smallest absolute Gasteiger partial charge is 0.310 e. The fourth-order valence-electron chi connectivity index (χ4n) is 4.06. The molecule has 1 radical (unpaired) electrons. The number of unbranched alkanes of at least 4 members (excludes halogenated alkanes) is 3. The number of aryl methyl sites for hydroxylation is 1. The van der Waals surface area contributed by atoms with Crippen LogP contribution in [0.3, 0.4) is 0 Å². The Kier molecular flexibility index (Phi) is 6.74. The zero-order valence-electron chi connectivity index (χ0n) is 16.7. The molecule has 1 aliphatic carbocycles. The number of esters is 1. The van der Waals surface area contributed by atoms with Gasteiger partial charge in [-0.25, -0.2) is 4.98 Å². The van der Waals surface area contributed by atoms with E-state index in [1.165, 1.54) is 12.8 Å². The zero-order valence-corrected chi connectivity index (χ0v) is 16.7. The maximum absolute atomic E-state index is 12.7. The van der Waals surface area contributed by atoms with Crippen LogP contribution in [0.5, 0.6) is 5.88 Å². The average molecular weight is 374 g/mol. The highest BCUT2D eigenvalue weighted by atomic mass is 16.6. The summed E-state index contributed by atoms with van der Waals surface area (Å²) >= 11 is 0. The summed E-state index contributed by atoms with van der Waals surface area (Å²) in [5.41, 5.74) is 0.340. The second-order valence-corrected chi connectivity index (χ2v) is 8.16. The maximum Gasteiger partial charge on any atom is 0.310 e. The first-order valence-electron chi connectivity index (χ1n) is 10.4. The molecule has 0 amide bonds. The van der Waals surface area contributed by atoms with Crippen LogP contribution >= 0.6 is 0 Å². The van der Waals surface area contributed by atoms with Crippen LogP contribution in [0, 0.1) is 25.7 Å².